The van der Waals surface area contributed by atoms with E-state index in [9.17, 15) is 9.59 Å². The summed E-state index contributed by atoms with van der Waals surface area (Å²) in [5, 5.41) is 8.61. The first kappa shape index (κ1) is 23.5. The molecule has 0 bridgehead atoms. The number of carbonyl (C=O) groups excluding carboxylic acids is 2. The van der Waals surface area contributed by atoms with Crippen LogP contribution in [0.4, 0.5) is 10.8 Å². The summed E-state index contributed by atoms with van der Waals surface area (Å²) >= 11 is 3.08. The van der Waals surface area contributed by atoms with Crippen LogP contribution in [0.1, 0.15) is 25.5 Å². The van der Waals surface area contributed by atoms with E-state index in [-0.39, 0.29) is 23.8 Å². The van der Waals surface area contributed by atoms with Gasteiger partial charge in [0.25, 0.3) is 0 Å². The summed E-state index contributed by atoms with van der Waals surface area (Å²) in [7, 11) is 0. The van der Waals surface area contributed by atoms with Crippen molar-refractivity contribution in [3.63, 3.8) is 0 Å². The number of aromatic nitrogens is 1. The number of rotatable bonds is 7. The molecule has 3 aromatic rings. The van der Waals surface area contributed by atoms with Gasteiger partial charge in [-0.15, -0.1) is 11.3 Å². The van der Waals surface area contributed by atoms with Gasteiger partial charge in [0.05, 0.1) is 17.4 Å². The number of hydrogen-bond donors (Lipinski definition) is 2. The summed E-state index contributed by atoms with van der Waals surface area (Å²) in [5.74, 6) is -0.0611. The van der Waals surface area contributed by atoms with Crippen molar-refractivity contribution in [1.29, 1.82) is 0 Å². The number of aryl methyl sites for hydroxylation is 1. The molecule has 4 rings (SSSR count). The highest BCUT2D eigenvalue weighted by molar-refractivity contribution is 7.99. The van der Waals surface area contributed by atoms with Crippen LogP contribution in [0.3, 0.4) is 0 Å². The molecule has 8 heteroatoms. The standard InChI is InChI=1S/C25H28N4O2S2/c1-17-16-32-25(26-17)28-24(31)19-12-14-29(15-13-19)18(2)23(30)27-21-10-6-7-11-22(21)33-20-8-4-3-5-9-20/h3-11,16,18-19H,12-15H2,1-2H3,(H,27,30)(H,26,28,31)/t18-/m1/s1. The van der Waals surface area contributed by atoms with Crippen LogP contribution in [0.15, 0.2) is 69.8 Å². The fourth-order valence-electron chi connectivity index (χ4n) is 3.85. The molecule has 0 radical (unpaired) electrons. The molecule has 2 amide bonds. The maximum atomic E-state index is 13.0. The number of para-hydroxylation sites is 1. The summed E-state index contributed by atoms with van der Waals surface area (Å²) in [6.07, 6.45) is 1.46. The van der Waals surface area contributed by atoms with Crippen molar-refractivity contribution in [3.05, 3.63) is 65.7 Å². The Hall–Kier alpha value is -2.68. The number of thiazole rings is 1. The largest absolute Gasteiger partial charge is 0.324 e. The lowest BCUT2D eigenvalue weighted by Gasteiger charge is -2.34. The van der Waals surface area contributed by atoms with E-state index in [1.54, 1.807) is 11.8 Å². The molecule has 0 unspecified atom stereocenters. The summed E-state index contributed by atoms with van der Waals surface area (Å²) in [4.78, 5) is 34.2. The zero-order valence-electron chi connectivity index (χ0n) is 18.8. The maximum absolute atomic E-state index is 13.0. The van der Waals surface area contributed by atoms with Crippen molar-refractivity contribution in [2.24, 2.45) is 5.92 Å². The average Bonchev–Trinajstić information content (AvgIpc) is 3.25. The van der Waals surface area contributed by atoms with Gasteiger partial charge in [-0.2, -0.15) is 0 Å². The Morgan fingerprint density at radius 1 is 1.06 bits per heavy atom. The predicted octanol–water partition coefficient (Wildman–Crippen LogP) is 5.28. The molecule has 33 heavy (non-hydrogen) atoms. The minimum Gasteiger partial charge on any atom is -0.324 e. The van der Waals surface area contributed by atoms with Crippen LogP contribution in [0.2, 0.25) is 0 Å². The van der Waals surface area contributed by atoms with E-state index in [0.29, 0.717) is 18.2 Å². The Morgan fingerprint density at radius 2 is 1.76 bits per heavy atom. The van der Waals surface area contributed by atoms with E-state index >= 15 is 0 Å². The van der Waals surface area contributed by atoms with Crippen molar-refractivity contribution in [2.75, 3.05) is 23.7 Å². The minimum absolute atomic E-state index is 0.0213. The lowest BCUT2D eigenvalue weighted by atomic mass is 9.95. The van der Waals surface area contributed by atoms with Gasteiger partial charge in [-0.3, -0.25) is 14.5 Å². The zero-order chi connectivity index (χ0) is 23.2. The quantitative estimate of drug-likeness (QED) is 0.481. The van der Waals surface area contributed by atoms with Gasteiger partial charge in [0.15, 0.2) is 5.13 Å². The van der Waals surface area contributed by atoms with Gasteiger partial charge in [-0.05, 0) is 64.0 Å². The summed E-state index contributed by atoms with van der Waals surface area (Å²) < 4.78 is 0. The topological polar surface area (TPSA) is 74.3 Å². The molecule has 2 aromatic carbocycles. The molecule has 1 atom stereocenters. The first-order valence-corrected chi connectivity index (χ1v) is 12.8. The van der Waals surface area contributed by atoms with Crippen molar-refractivity contribution in [3.8, 4) is 0 Å². The van der Waals surface area contributed by atoms with Crippen LogP contribution in [-0.4, -0.2) is 40.8 Å². The zero-order valence-corrected chi connectivity index (χ0v) is 20.4. The minimum atomic E-state index is -0.273. The SMILES string of the molecule is Cc1csc(NC(=O)C2CCN([C@H](C)C(=O)Nc3ccccc3Sc3ccccc3)CC2)n1. The van der Waals surface area contributed by atoms with Crippen LogP contribution in [0, 0.1) is 12.8 Å². The third-order valence-corrected chi connectivity index (χ3v) is 7.75. The molecule has 172 valence electrons. The molecule has 0 spiro atoms. The molecule has 2 N–H and O–H groups in total. The van der Waals surface area contributed by atoms with Gasteiger partial charge < -0.3 is 10.6 Å². The molecule has 6 nitrogen and oxygen atoms in total. The normalized spacial score (nSPS) is 15.7. The van der Waals surface area contributed by atoms with Crippen molar-refractivity contribution in [2.45, 2.75) is 42.5 Å². The number of carbonyl (C=O) groups is 2. The number of nitrogens with zero attached hydrogens (tertiary/aromatic N) is 2. The number of likely N-dealkylation sites (tertiary alicyclic amines) is 1. The van der Waals surface area contributed by atoms with E-state index in [1.807, 2.05) is 61.7 Å². The number of piperidine rings is 1. The highest BCUT2D eigenvalue weighted by Gasteiger charge is 2.30. The van der Waals surface area contributed by atoms with Gasteiger partial charge in [-0.1, -0.05) is 42.1 Å². The molecular formula is C25H28N4O2S2. The Balaban J connectivity index is 1.31. The highest BCUT2D eigenvalue weighted by atomic mass is 32.2. The smallest absolute Gasteiger partial charge is 0.241 e. The third-order valence-electron chi connectivity index (χ3n) is 5.79. The highest BCUT2D eigenvalue weighted by Crippen LogP contribution is 2.33. The molecule has 0 aliphatic carbocycles. The van der Waals surface area contributed by atoms with Crippen molar-refractivity contribution >= 4 is 45.7 Å². The van der Waals surface area contributed by atoms with Gasteiger partial charge in [0.2, 0.25) is 11.8 Å². The summed E-state index contributed by atoms with van der Waals surface area (Å²) in [6.45, 7) is 5.27. The van der Waals surface area contributed by atoms with Crippen LogP contribution < -0.4 is 10.6 Å². The van der Waals surface area contributed by atoms with E-state index in [0.717, 1.165) is 34.0 Å². The second kappa shape index (κ2) is 11.0. The fourth-order valence-corrected chi connectivity index (χ4v) is 5.46. The first-order chi connectivity index (χ1) is 16.0. The van der Waals surface area contributed by atoms with Crippen LogP contribution in [-0.2, 0) is 9.59 Å². The van der Waals surface area contributed by atoms with Crippen LogP contribution >= 0.6 is 23.1 Å². The van der Waals surface area contributed by atoms with Crippen molar-refractivity contribution < 1.29 is 9.59 Å². The number of benzene rings is 2. The number of anilines is 2. The van der Waals surface area contributed by atoms with Crippen LogP contribution in [0.5, 0.6) is 0 Å². The number of amides is 2. The monoisotopic (exact) mass is 480 g/mol. The lowest BCUT2D eigenvalue weighted by molar-refractivity contribution is -0.123. The molecule has 1 fully saturated rings. The molecule has 1 aromatic heterocycles. The van der Waals surface area contributed by atoms with E-state index in [1.165, 1.54) is 11.3 Å². The second-order valence-corrected chi connectivity index (χ2v) is 10.1. The Bertz CT molecular complexity index is 1090. The summed E-state index contributed by atoms with van der Waals surface area (Å²) in [6, 6.07) is 17.7. The predicted molar refractivity (Wildman–Crippen MR) is 135 cm³/mol. The molecule has 0 saturated carbocycles. The molecule has 1 aliphatic heterocycles. The molecule has 1 aliphatic rings. The molecular weight excluding hydrogens is 452 g/mol. The van der Waals surface area contributed by atoms with E-state index < -0.39 is 0 Å². The number of nitrogens with one attached hydrogen (secondary N) is 2. The average molecular weight is 481 g/mol. The van der Waals surface area contributed by atoms with Crippen LogP contribution in [0.25, 0.3) is 0 Å². The van der Waals surface area contributed by atoms with Gasteiger partial charge >= 0.3 is 0 Å². The van der Waals surface area contributed by atoms with Gasteiger partial charge in [-0.25, -0.2) is 4.98 Å². The van der Waals surface area contributed by atoms with E-state index in [2.05, 4.69) is 32.7 Å². The fraction of sp³-hybridized carbons (Fsp3) is 0.320. The second-order valence-electron chi connectivity index (χ2n) is 8.17. The summed E-state index contributed by atoms with van der Waals surface area (Å²) in [5.41, 5.74) is 1.73. The Morgan fingerprint density at radius 3 is 2.45 bits per heavy atom. The van der Waals surface area contributed by atoms with Crippen molar-refractivity contribution in [1.82, 2.24) is 9.88 Å². The molecule has 1 saturated heterocycles. The third kappa shape index (κ3) is 6.22. The van der Waals surface area contributed by atoms with E-state index in [4.69, 9.17) is 0 Å². The van der Waals surface area contributed by atoms with Gasteiger partial charge in [0.1, 0.15) is 0 Å². The Labute approximate surface area is 202 Å². The maximum Gasteiger partial charge on any atom is 0.241 e. The Kier molecular flexibility index (Phi) is 7.80. The first-order valence-electron chi connectivity index (χ1n) is 11.1. The lowest BCUT2D eigenvalue weighted by Crippen LogP contribution is -2.47. The number of hydrogen-bond acceptors (Lipinski definition) is 6. The molecule has 2 heterocycles. The van der Waals surface area contributed by atoms with Gasteiger partial charge in [0, 0.05) is 21.1 Å².